The molecule has 0 amide bonds. The molecule has 1 atom stereocenters. The smallest absolute Gasteiger partial charge is 0.191 e. The van der Waals surface area contributed by atoms with Crippen LogP contribution in [0.3, 0.4) is 0 Å². The first-order chi connectivity index (χ1) is 13.1. The van der Waals surface area contributed by atoms with Crippen molar-refractivity contribution < 1.29 is 9.47 Å². The van der Waals surface area contributed by atoms with Gasteiger partial charge in [-0.1, -0.05) is 6.92 Å². The van der Waals surface area contributed by atoms with Crippen LogP contribution in [0, 0.1) is 0 Å². The molecule has 1 aliphatic rings. The van der Waals surface area contributed by atoms with E-state index in [1.807, 2.05) is 31.2 Å². The van der Waals surface area contributed by atoms with Crippen LogP contribution in [-0.4, -0.2) is 62.8 Å². The van der Waals surface area contributed by atoms with Gasteiger partial charge in [0.25, 0.3) is 0 Å². The lowest BCUT2D eigenvalue weighted by atomic mass is 10.1. The topological polar surface area (TPSA) is 58.1 Å². The van der Waals surface area contributed by atoms with Crippen LogP contribution in [0.2, 0.25) is 0 Å². The molecule has 28 heavy (non-hydrogen) atoms. The SMILES string of the molecule is CCCN1CCC(NC(=NCC(C)Oc2ccc(OC)cc2)NCC)CC1.I. The van der Waals surface area contributed by atoms with Crippen molar-refractivity contribution in [1.82, 2.24) is 15.5 Å². The van der Waals surface area contributed by atoms with Crippen molar-refractivity contribution in [1.29, 1.82) is 0 Å². The third-order valence-corrected chi connectivity index (χ3v) is 4.72. The summed E-state index contributed by atoms with van der Waals surface area (Å²) in [6, 6.07) is 8.15. The maximum absolute atomic E-state index is 5.95. The second-order valence-corrected chi connectivity index (χ2v) is 7.08. The van der Waals surface area contributed by atoms with Crippen LogP contribution in [0.1, 0.15) is 40.0 Å². The van der Waals surface area contributed by atoms with E-state index in [1.165, 1.54) is 38.9 Å². The van der Waals surface area contributed by atoms with Crippen LogP contribution in [0.5, 0.6) is 11.5 Å². The summed E-state index contributed by atoms with van der Waals surface area (Å²) in [7, 11) is 1.66. The van der Waals surface area contributed by atoms with Crippen molar-refractivity contribution in [3.63, 3.8) is 0 Å². The summed E-state index contributed by atoms with van der Waals surface area (Å²) in [6.45, 7) is 11.4. The Bertz CT molecular complexity index is 560. The van der Waals surface area contributed by atoms with Crippen LogP contribution in [0.25, 0.3) is 0 Å². The molecule has 1 fully saturated rings. The average molecular weight is 504 g/mol. The Balaban J connectivity index is 0.00000392. The van der Waals surface area contributed by atoms with E-state index in [9.17, 15) is 0 Å². The van der Waals surface area contributed by atoms with E-state index >= 15 is 0 Å². The molecule has 2 N–H and O–H groups in total. The lowest BCUT2D eigenvalue weighted by molar-refractivity contribution is 0.206. The fraction of sp³-hybridized carbons (Fsp3) is 0.667. The van der Waals surface area contributed by atoms with Crippen molar-refractivity contribution in [3.05, 3.63) is 24.3 Å². The van der Waals surface area contributed by atoms with E-state index in [-0.39, 0.29) is 30.1 Å². The van der Waals surface area contributed by atoms with E-state index in [1.54, 1.807) is 7.11 Å². The van der Waals surface area contributed by atoms with Crippen molar-refractivity contribution in [2.45, 2.75) is 52.2 Å². The van der Waals surface area contributed by atoms with Gasteiger partial charge in [0, 0.05) is 25.7 Å². The third-order valence-electron chi connectivity index (χ3n) is 4.72. The summed E-state index contributed by atoms with van der Waals surface area (Å²) < 4.78 is 11.1. The van der Waals surface area contributed by atoms with E-state index < -0.39 is 0 Å². The third kappa shape index (κ3) is 8.86. The number of likely N-dealkylation sites (tertiary alicyclic amines) is 1. The molecule has 7 heteroatoms. The van der Waals surface area contributed by atoms with Gasteiger partial charge < -0.3 is 25.0 Å². The number of nitrogens with zero attached hydrogens (tertiary/aromatic N) is 2. The molecule has 0 bridgehead atoms. The Labute approximate surface area is 187 Å². The molecule has 1 aromatic rings. The maximum Gasteiger partial charge on any atom is 0.191 e. The Morgan fingerprint density at radius 3 is 2.39 bits per heavy atom. The highest BCUT2D eigenvalue weighted by molar-refractivity contribution is 14.0. The summed E-state index contributed by atoms with van der Waals surface area (Å²) >= 11 is 0. The van der Waals surface area contributed by atoms with Crippen molar-refractivity contribution in [2.24, 2.45) is 4.99 Å². The molecule has 1 saturated heterocycles. The maximum atomic E-state index is 5.95. The Morgan fingerprint density at radius 1 is 1.18 bits per heavy atom. The number of halogens is 1. The van der Waals surface area contributed by atoms with Crippen LogP contribution in [-0.2, 0) is 0 Å². The van der Waals surface area contributed by atoms with E-state index in [0.29, 0.717) is 12.6 Å². The van der Waals surface area contributed by atoms with E-state index in [4.69, 9.17) is 14.5 Å². The highest BCUT2D eigenvalue weighted by Crippen LogP contribution is 2.18. The number of nitrogens with one attached hydrogen (secondary N) is 2. The summed E-state index contributed by atoms with van der Waals surface area (Å²) in [5.41, 5.74) is 0. The Hall–Kier alpha value is -1.22. The van der Waals surface area contributed by atoms with Crippen molar-refractivity contribution in [3.8, 4) is 11.5 Å². The van der Waals surface area contributed by atoms with Crippen LogP contribution >= 0.6 is 24.0 Å². The molecule has 1 aromatic carbocycles. The zero-order valence-corrected chi connectivity index (χ0v) is 20.1. The van der Waals surface area contributed by atoms with Crippen molar-refractivity contribution in [2.75, 3.05) is 39.8 Å². The average Bonchev–Trinajstić information content (AvgIpc) is 2.68. The molecule has 1 aliphatic heterocycles. The number of piperidine rings is 1. The van der Waals surface area contributed by atoms with Gasteiger partial charge in [-0.25, -0.2) is 4.99 Å². The Kier molecular flexibility index (Phi) is 12.3. The monoisotopic (exact) mass is 504 g/mol. The van der Waals surface area contributed by atoms with Gasteiger partial charge in [-0.3, -0.25) is 0 Å². The van der Waals surface area contributed by atoms with Gasteiger partial charge in [-0.15, -0.1) is 24.0 Å². The number of aliphatic imine (C=N–C) groups is 1. The largest absolute Gasteiger partial charge is 0.497 e. The second kappa shape index (κ2) is 13.9. The quantitative estimate of drug-likeness (QED) is 0.306. The van der Waals surface area contributed by atoms with Crippen LogP contribution in [0.15, 0.2) is 29.3 Å². The molecule has 0 saturated carbocycles. The summed E-state index contributed by atoms with van der Waals surface area (Å²) in [4.78, 5) is 7.27. The molecule has 1 heterocycles. The lowest BCUT2D eigenvalue weighted by Gasteiger charge is -2.32. The fourth-order valence-corrected chi connectivity index (χ4v) is 3.27. The van der Waals surface area contributed by atoms with Crippen molar-refractivity contribution >= 4 is 29.9 Å². The van der Waals surface area contributed by atoms with Crippen LogP contribution < -0.4 is 20.1 Å². The number of rotatable bonds is 9. The zero-order chi connectivity index (χ0) is 19.5. The number of methoxy groups -OCH3 is 1. The lowest BCUT2D eigenvalue weighted by Crippen LogP contribution is -2.49. The molecule has 2 rings (SSSR count). The molecule has 0 radical (unpaired) electrons. The zero-order valence-electron chi connectivity index (χ0n) is 17.7. The summed E-state index contributed by atoms with van der Waals surface area (Å²) in [5, 5.41) is 6.95. The van der Waals surface area contributed by atoms with Crippen LogP contribution in [0.4, 0.5) is 0 Å². The number of benzene rings is 1. The van der Waals surface area contributed by atoms with Gasteiger partial charge in [0.1, 0.15) is 17.6 Å². The second-order valence-electron chi connectivity index (χ2n) is 7.08. The summed E-state index contributed by atoms with van der Waals surface area (Å²) in [5.74, 6) is 2.55. The van der Waals surface area contributed by atoms with Gasteiger partial charge in [0.15, 0.2) is 5.96 Å². The van der Waals surface area contributed by atoms with Gasteiger partial charge in [0.2, 0.25) is 0 Å². The highest BCUT2D eigenvalue weighted by atomic mass is 127. The number of hydrogen-bond donors (Lipinski definition) is 2. The minimum absolute atomic E-state index is 0. The van der Waals surface area contributed by atoms with E-state index in [2.05, 4.69) is 29.4 Å². The first-order valence-corrected chi connectivity index (χ1v) is 10.2. The minimum Gasteiger partial charge on any atom is -0.497 e. The highest BCUT2D eigenvalue weighted by Gasteiger charge is 2.19. The van der Waals surface area contributed by atoms with Gasteiger partial charge >= 0.3 is 0 Å². The molecule has 6 nitrogen and oxygen atoms in total. The minimum atomic E-state index is 0. The molecule has 0 aromatic heterocycles. The molecule has 0 spiro atoms. The van der Waals surface area contributed by atoms with Gasteiger partial charge in [0.05, 0.1) is 13.7 Å². The first kappa shape index (κ1) is 24.8. The molecule has 1 unspecified atom stereocenters. The summed E-state index contributed by atoms with van der Waals surface area (Å²) in [6.07, 6.45) is 3.57. The predicted octanol–water partition coefficient (Wildman–Crippen LogP) is 3.51. The fourth-order valence-electron chi connectivity index (χ4n) is 3.27. The molecule has 0 aliphatic carbocycles. The number of guanidine groups is 1. The number of ether oxygens (including phenoxy) is 2. The van der Waals surface area contributed by atoms with Gasteiger partial charge in [-0.2, -0.15) is 0 Å². The first-order valence-electron chi connectivity index (χ1n) is 10.2. The van der Waals surface area contributed by atoms with E-state index in [0.717, 1.165) is 24.0 Å². The number of hydrogen-bond acceptors (Lipinski definition) is 4. The predicted molar refractivity (Wildman–Crippen MR) is 127 cm³/mol. The standard InChI is InChI=1S/C21H36N4O2.HI/c1-5-13-25-14-11-18(12-15-25)24-21(22-6-2)23-16-17(3)27-20-9-7-19(26-4)8-10-20;/h7-10,17-18H,5-6,11-16H2,1-4H3,(H2,22,23,24);1H. The van der Waals surface area contributed by atoms with Gasteiger partial charge in [-0.05, 0) is 63.9 Å². The molecular weight excluding hydrogens is 467 g/mol. The normalized spacial score (nSPS) is 16.8. The molecular formula is C21H37IN4O2. The Morgan fingerprint density at radius 2 is 1.82 bits per heavy atom. The molecule has 160 valence electrons.